The van der Waals surface area contributed by atoms with E-state index in [-0.39, 0.29) is 5.97 Å². The fourth-order valence-electron chi connectivity index (χ4n) is 2.45. The standard InChI is InChI=1S/C23H38O6/c1-4-5-17-27-21(24)15-16-22(25)28-18-13-11-9-7-6-8-10-12-14-19-29-23(26)20(2)3/h15-16H,2,4-14,17-19H2,1,3H3/b16-15+. The molecule has 0 radical (unpaired) electrons. The maximum atomic E-state index is 11.5. The molecule has 0 aromatic carbocycles. The van der Waals surface area contributed by atoms with Crippen LogP contribution in [0.25, 0.3) is 0 Å². The predicted molar refractivity (Wildman–Crippen MR) is 113 cm³/mol. The van der Waals surface area contributed by atoms with E-state index in [1.807, 2.05) is 6.92 Å². The van der Waals surface area contributed by atoms with Gasteiger partial charge in [0.25, 0.3) is 0 Å². The Morgan fingerprint density at radius 1 is 0.655 bits per heavy atom. The van der Waals surface area contributed by atoms with Crippen molar-refractivity contribution in [3.8, 4) is 0 Å². The van der Waals surface area contributed by atoms with Crippen LogP contribution in [0.15, 0.2) is 24.3 Å². The van der Waals surface area contributed by atoms with Gasteiger partial charge in [-0.1, -0.05) is 64.9 Å². The van der Waals surface area contributed by atoms with Crippen molar-refractivity contribution in [1.82, 2.24) is 0 Å². The van der Waals surface area contributed by atoms with Crippen molar-refractivity contribution < 1.29 is 28.6 Å². The Morgan fingerprint density at radius 3 is 1.45 bits per heavy atom. The summed E-state index contributed by atoms with van der Waals surface area (Å²) in [5, 5.41) is 0. The van der Waals surface area contributed by atoms with E-state index in [1.54, 1.807) is 6.92 Å². The van der Waals surface area contributed by atoms with Gasteiger partial charge in [0.2, 0.25) is 0 Å². The summed E-state index contributed by atoms with van der Waals surface area (Å²) in [6.45, 7) is 8.43. The maximum Gasteiger partial charge on any atom is 0.333 e. The van der Waals surface area contributed by atoms with E-state index >= 15 is 0 Å². The lowest BCUT2D eigenvalue weighted by atomic mass is 10.1. The van der Waals surface area contributed by atoms with Gasteiger partial charge in [-0.3, -0.25) is 0 Å². The smallest absolute Gasteiger partial charge is 0.333 e. The molecule has 166 valence electrons. The Hall–Kier alpha value is -2.11. The molecule has 0 aliphatic heterocycles. The molecule has 6 nitrogen and oxygen atoms in total. The molecule has 29 heavy (non-hydrogen) atoms. The lowest BCUT2D eigenvalue weighted by molar-refractivity contribution is -0.140. The van der Waals surface area contributed by atoms with Crippen LogP contribution in [0.2, 0.25) is 0 Å². The molecule has 0 fully saturated rings. The normalized spacial score (nSPS) is 10.7. The molecule has 0 aromatic rings. The number of carbonyl (C=O) groups is 3. The van der Waals surface area contributed by atoms with Gasteiger partial charge < -0.3 is 14.2 Å². The van der Waals surface area contributed by atoms with Gasteiger partial charge in [0, 0.05) is 17.7 Å². The molecule has 0 saturated heterocycles. The molecule has 0 bridgehead atoms. The first-order valence-corrected chi connectivity index (χ1v) is 10.8. The minimum Gasteiger partial charge on any atom is -0.463 e. The molecule has 0 unspecified atom stereocenters. The maximum absolute atomic E-state index is 11.5. The fourth-order valence-corrected chi connectivity index (χ4v) is 2.45. The minimum absolute atomic E-state index is 0.309. The van der Waals surface area contributed by atoms with Crippen LogP contribution in [-0.4, -0.2) is 37.7 Å². The van der Waals surface area contributed by atoms with Gasteiger partial charge in [0.05, 0.1) is 19.8 Å². The molecule has 0 heterocycles. The van der Waals surface area contributed by atoms with Gasteiger partial charge in [-0.15, -0.1) is 0 Å². The largest absolute Gasteiger partial charge is 0.463 e. The topological polar surface area (TPSA) is 78.9 Å². The molecule has 0 amide bonds. The van der Waals surface area contributed by atoms with E-state index in [2.05, 4.69) is 6.58 Å². The first kappa shape index (κ1) is 26.9. The van der Waals surface area contributed by atoms with Crippen molar-refractivity contribution in [2.24, 2.45) is 0 Å². The third-order valence-corrected chi connectivity index (χ3v) is 4.21. The monoisotopic (exact) mass is 410 g/mol. The Bertz CT molecular complexity index is 509. The number of esters is 3. The average molecular weight is 411 g/mol. The zero-order chi connectivity index (χ0) is 21.7. The molecule has 0 aromatic heterocycles. The zero-order valence-electron chi connectivity index (χ0n) is 18.2. The molecule has 0 spiro atoms. The van der Waals surface area contributed by atoms with Gasteiger partial charge in [-0.25, -0.2) is 14.4 Å². The first-order chi connectivity index (χ1) is 14.0. The first-order valence-electron chi connectivity index (χ1n) is 10.8. The fraction of sp³-hybridized carbons (Fsp3) is 0.696. The lowest BCUT2D eigenvalue weighted by Crippen LogP contribution is -2.06. The summed E-state index contributed by atoms with van der Waals surface area (Å²) in [5.74, 6) is -1.33. The van der Waals surface area contributed by atoms with Crippen molar-refractivity contribution in [2.45, 2.75) is 84.5 Å². The molecule has 0 aliphatic carbocycles. The van der Waals surface area contributed by atoms with Gasteiger partial charge in [0.15, 0.2) is 0 Å². The molecular formula is C23H38O6. The van der Waals surface area contributed by atoms with Crippen LogP contribution in [0.4, 0.5) is 0 Å². The second kappa shape index (κ2) is 19.2. The molecule has 0 atom stereocenters. The van der Waals surface area contributed by atoms with Crippen LogP contribution in [0.5, 0.6) is 0 Å². The van der Waals surface area contributed by atoms with E-state index in [4.69, 9.17) is 14.2 Å². The Morgan fingerprint density at radius 2 is 1.03 bits per heavy atom. The number of hydrogen-bond acceptors (Lipinski definition) is 6. The third-order valence-electron chi connectivity index (χ3n) is 4.21. The van der Waals surface area contributed by atoms with E-state index in [9.17, 15) is 14.4 Å². The quantitative estimate of drug-likeness (QED) is 0.136. The second-order valence-electron chi connectivity index (χ2n) is 7.12. The highest BCUT2D eigenvalue weighted by Gasteiger charge is 2.02. The molecule has 0 rings (SSSR count). The summed E-state index contributed by atoms with van der Waals surface area (Å²) >= 11 is 0. The number of hydrogen-bond donors (Lipinski definition) is 0. The highest BCUT2D eigenvalue weighted by atomic mass is 16.5. The van der Waals surface area contributed by atoms with Crippen LogP contribution in [0, 0.1) is 0 Å². The highest BCUT2D eigenvalue weighted by Crippen LogP contribution is 2.10. The third kappa shape index (κ3) is 19.0. The molecule has 6 heteroatoms. The van der Waals surface area contributed by atoms with E-state index in [0.29, 0.717) is 25.4 Å². The summed E-state index contributed by atoms with van der Waals surface area (Å²) in [7, 11) is 0. The van der Waals surface area contributed by atoms with Crippen molar-refractivity contribution in [3.05, 3.63) is 24.3 Å². The Balaban J connectivity index is 3.38. The molecule has 0 aliphatic rings. The van der Waals surface area contributed by atoms with Gasteiger partial charge in [-0.2, -0.15) is 0 Å². The lowest BCUT2D eigenvalue weighted by Gasteiger charge is -2.05. The van der Waals surface area contributed by atoms with E-state index in [1.165, 1.54) is 19.3 Å². The van der Waals surface area contributed by atoms with Crippen molar-refractivity contribution >= 4 is 17.9 Å². The predicted octanol–water partition coefficient (Wildman–Crippen LogP) is 5.06. The van der Waals surface area contributed by atoms with Crippen molar-refractivity contribution in [1.29, 1.82) is 0 Å². The van der Waals surface area contributed by atoms with Gasteiger partial charge >= 0.3 is 17.9 Å². The SMILES string of the molecule is C=C(C)C(=O)OCCCCCCCCCCCOC(=O)/C=C/C(=O)OCCCC. The highest BCUT2D eigenvalue weighted by molar-refractivity contribution is 5.91. The van der Waals surface area contributed by atoms with Crippen LogP contribution in [-0.2, 0) is 28.6 Å². The Labute approximate surface area is 175 Å². The number of ether oxygens (including phenoxy) is 3. The molecule has 0 N–H and O–H groups in total. The van der Waals surface area contributed by atoms with E-state index in [0.717, 1.165) is 63.5 Å². The number of carbonyl (C=O) groups excluding carboxylic acids is 3. The number of rotatable bonds is 18. The summed E-state index contributed by atoms with van der Waals surface area (Å²) in [6, 6.07) is 0. The van der Waals surface area contributed by atoms with Crippen LogP contribution >= 0.6 is 0 Å². The van der Waals surface area contributed by atoms with Crippen LogP contribution in [0.3, 0.4) is 0 Å². The van der Waals surface area contributed by atoms with Crippen molar-refractivity contribution in [3.63, 3.8) is 0 Å². The van der Waals surface area contributed by atoms with Crippen LogP contribution in [0.1, 0.15) is 84.5 Å². The second-order valence-corrected chi connectivity index (χ2v) is 7.12. The number of unbranched alkanes of at least 4 members (excludes halogenated alkanes) is 9. The van der Waals surface area contributed by atoms with Crippen LogP contribution < -0.4 is 0 Å². The minimum atomic E-state index is -0.511. The summed E-state index contributed by atoms with van der Waals surface area (Å²) in [4.78, 5) is 34.0. The van der Waals surface area contributed by atoms with Crippen molar-refractivity contribution in [2.75, 3.05) is 19.8 Å². The zero-order valence-corrected chi connectivity index (χ0v) is 18.2. The summed E-state index contributed by atoms with van der Waals surface area (Å²) < 4.78 is 15.0. The molecular weight excluding hydrogens is 372 g/mol. The summed E-state index contributed by atoms with van der Waals surface area (Å²) in [6.07, 6.45) is 13.6. The average Bonchev–Trinajstić information content (AvgIpc) is 2.69. The van der Waals surface area contributed by atoms with Gasteiger partial charge in [-0.05, 0) is 26.2 Å². The Kier molecular flexibility index (Phi) is 17.8. The molecule has 0 saturated carbocycles. The van der Waals surface area contributed by atoms with E-state index < -0.39 is 11.9 Å². The van der Waals surface area contributed by atoms with Gasteiger partial charge in [0.1, 0.15) is 0 Å². The summed E-state index contributed by atoms with van der Waals surface area (Å²) in [5.41, 5.74) is 0.443.